The molecule has 0 spiro atoms. The van der Waals surface area contributed by atoms with Gasteiger partial charge in [0.1, 0.15) is 12.6 Å². The molecule has 0 aromatic carbocycles. The number of aliphatic carboxylic acids is 1. The highest BCUT2D eigenvalue weighted by molar-refractivity contribution is 7.80. The number of nitrogens with one attached hydrogen (secondary N) is 2. The van der Waals surface area contributed by atoms with Crippen LogP contribution in [0, 0.1) is 0 Å². The smallest absolute Gasteiger partial charge is 0.361 e. The largest absolute Gasteiger partial charge is 0.481 e. The monoisotopic (exact) mass is 322 g/mol. The molecule has 1 unspecified atom stereocenters. The van der Waals surface area contributed by atoms with Gasteiger partial charge in [-0.05, 0) is 6.42 Å². The molecule has 120 valence electrons. The molecule has 21 heavy (non-hydrogen) atoms. The first-order valence-electron chi connectivity index (χ1n) is 6.04. The average molecular weight is 322 g/mol. The van der Waals surface area contributed by atoms with E-state index >= 15 is 0 Å². The number of carboxylic acid groups (broad SMARTS) is 1. The first-order chi connectivity index (χ1) is 9.90. The zero-order chi connectivity index (χ0) is 16.3. The van der Waals surface area contributed by atoms with Gasteiger partial charge in [-0.1, -0.05) is 0 Å². The van der Waals surface area contributed by atoms with Crippen molar-refractivity contribution >= 4 is 36.4 Å². The lowest BCUT2D eigenvalue weighted by Crippen LogP contribution is -2.49. The Kier molecular flexibility index (Phi) is 9.98. The number of carboxylic acids is 1. The summed E-state index contributed by atoms with van der Waals surface area (Å²) in [5.41, 5.74) is 0. The van der Waals surface area contributed by atoms with E-state index in [-0.39, 0.29) is 25.0 Å². The van der Waals surface area contributed by atoms with Crippen molar-refractivity contribution in [3.63, 3.8) is 0 Å². The Morgan fingerprint density at radius 2 is 1.90 bits per heavy atom. The Hall–Kier alpha value is -1.81. The minimum atomic E-state index is -0.997. The molecule has 0 aromatic heterocycles. The molecule has 0 saturated heterocycles. The Morgan fingerprint density at radius 3 is 2.43 bits per heavy atom. The van der Waals surface area contributed by atoms with Crippen LogP contribution in [0.4, 0.5) is 0 Å². The first kappa shape index (κ1) is 19.2. The lowest BCUT2D eigenvalue weighted by atomic mass is 10.2. The Labute approximate surface area is 126 Å². The van der Waals surface area contributed by atoms with Crippen LogP contribution in [-0.4, -0.2) is 54.3 Å². The Balaban J connectivity index is 4.12. The first-order valence-corrected chi connectivity index (χ1v) is 6.67. The molecule has 0 aliphatic rings. The summed E-state index contributed by atoms with van der Waals surface area (Å²) < 4.78 is 0. The van der Waals surface area contributed by atoms with Crippen molar-refractivity contribution in [3.05, 3.63) is 0 Å². The highest BCUT2D eigenvalue weighted by atomic mass is 32.1. The minimum Gasteiger partial charge on any atom is -0.481 e. The third-order valence-corrected chi connectivity index (χ3v) is 2.58. The van der Waals surface area contributed by atoms with Gasteiger partial charge >= 0.3 is 11.9 Å². The number of carbonyl (C=O) groups excluding carboxylic acids is 3. The van der Waals surface area contributed by atoms with Crippen LogP contribution in [0.25, 0.3) is 0 Å². The van der Waals surface area contributed by atoms with Gasteiger partial charge in [-0.15, -0.1) is 0 Å². The van der Waals surface area contributed by atoms with Crippen LogP contribution < -0.4 is 10.6 Å². The summed E-state index contributed by atoms with van der Waals surface area (Å²) in [5.74, 6) is -2.84. The van der Waals surface area contributed by atoms with Crippen LogP contribution >= 0.6 is 12.6 Å². The van der Waals surface area contributed by atoms with Crippen molar-refractivity contribution in [2.45, 2.75) is 25.3 Å². The van der Waals surface area contributed by atoms with Gasteiger partial charge in [0.05, 0.1) is 7.11 Å². The topological polar surface area (TPSA) is 131 Å². The molecule has 3 N–H and O–H groups in total. The molecule has 1 atom stereocenters. The van der Waals surface area contributed by atoms with E-state index in [1.54, 1.807) is 0 Å². The number of amides is 2. The van der Waals surface area contributed by atoms with Crippen molar-refractivity contribution in [3.8, 4) is 0 Å². The van der Waals surface area contributed by atoms with E-state index < -0.39 is 36.3 Å². The fourth-order valence-corrected chi connectivity index (χ4v) is 1.52. The van der Waals surface area contributed by atoms with Gasteiger partial charge in [0, 0.05) is 18.6 Å². The van der Waals surface area contributed by atoms with Crippen molar-refractivity contribution in [2.24, 2.45) is 0 Å². The Morgan fingerprint density at radius 1 is 1.24 bits per heavy atom. The number of carbonyl (C=O) groups is 4. The zero-order valence-electron chi connectivity index (χ0n) is 11.5. The third kappa shape index (κ3) is 9.68. The number of hydrogen-bond acceptors (Lipinski definition) is 7. The quantitative estimate of drug-likeness (QED) is 0.227. The number of rotatable bonds is 10. The number of hydrogen-bond donors (Lipinski definition) is 4. The summed E-state index contributed by atoms with van der Waals surface area (Å²) in [6.07, 6.45) is 0.0197. The summed E-state index contributed by atoms with van der Waals surface area (Å²) in [7, 11) is 1.15. The molecule has 0 rings (SSSR count). The standard InChI is InChI=1S/C11H18N2O7S/c1-19-20-10(17)5-12-11(18)7(6-21)13-8(14)3-2-4-9(15)16/h7,21H,2-6H2,1H3,(H,12,18)(H,13,14)(H,15,16). The van der Waals surface area contributed by atoms with Gasteiger partial charge in [-0.2, -0.15) is 17.5 Å². The van der Waals surface area contributed by atoms with Crippen LogP contribution in [0.2, 0.25) is 0 Å². The molecule has 0 aliphatic carbocycles. The molecule has 0 fully saturated rings. The van der Waals surface area contributed by atoms with Crippen LogP contribution in [0.5, 0.6) is 0 Å². The van der Waals surface area contributed by atoms with E-state index in [0.717, 1.165) is 7.11 Å². The molecule has 0 aromatic rings. The lowest BCUT2D eigenvalue weighted by Gasteiger charge is -2.15. The molecule has 2 amide bonds. The van der Waals surface area contributed by atoms with Gasteiger partial charge in [-0.25, -0.2) is 4.79 Å². The lowest BCUT2D eigenvalue weighted by molar-refractivity contribution is -0.253. The highest BCUT2D eigenvalue weighted by Gasteiger charge is 2.20. The molecule has 0 saturated carbocycles. The second-order valence-corrected chi connectivity index (χ2v) is 4.25. The van der Waals surface area contributed by atoms with E-state index in [0.29, 0.717) is 0 Å². The van der Waals surface area contributed by atoms with Gasteiger partial charge in [0.25, 0.3) is 0 Å². The molecule has 0 bridgehead atoms. The van der Waals surface area contributed by atoms with E-state index in [1.807, 2.05) is 0 Å². The maximum Gasteiger partial charge on any atom is 0.361 e. The molecule has 0 heterocycles. The van der Waals surface area contributed by atoms with E-state index in [9.17, 15) is 19.2 Å². The summed E-state index contributed by atoms with van der Waals surface area (Å²) in [4.78, 5) is 52.7. The molecular formula is C11H18N2O7S. The normalized spacial score (nSPS) is 11.3. The Bertz CT molecular complexity index is 389. The SMILES string of the molecule is COOC(=O)CNC(=O)C(CS)NC(=O)CCCC(=O)O. The van der Waals surface area contributed by atoms with E-state index in [1.165, 1.54) is 0 Å². The summed E-state index contributed by atoms with van der Waals surface area (Å²) in [5, 5.41) is 13.1. The molecule has 10 heteroatoms. The van der Waals surface area contributed by atoms with Crippen molar-refractivity contribution in [1.29, 1.82) is 0 Å². The van der Waals surface area contributed by atoms with Crippen molar-refractivity contribution in [1.82, 2.24) is 10.6 Å². The van der Waals surface area contributed by atoms with Crippen LogP contribution in [0.1, 0.15) is 19.3 Å². The predicted octanol–water partition coefficient (Wildman–Crippen LogP) is -1.12. The fraction of sp³-hybridized carbons (Fsp3) is 0.636. The number of thiol groups is 1. The van der Waals surface area contributed by atoms with Crippen molar-refractivity contribution < 1.29 is 34.1 Å². The molecule has 0 radical (unpaired) electrons. The fourth-order valence-electron chi connectivity index (χ4n) is 1.27. The zero-order valence-corrected chi connectivity index (χ0v) is 12.4. The van der Waals surface area contributed by atoms with Crippen LogP contribution in [0.15, 0.2) is 0 Å². The maximum atomic E-state index is 11.7. The van der Waals surface area contributed by atoms with Gasteiger partial charge in [0.2, 0.25) is 11.8 Å². The summed E-state index contributed by atoms with van der Waals surface area (Å²) >= 11 is 3.93. The molecule has 0 aliphatic heterocycles. The second-order valence-electron chi connectivity index (χ2n) is 3.89. The highest BCUT2D eigenvalue weighted by Crippen LogP contribution is 1.97. The molecule has 9 nitrogen and oxygen atoms in total. The van der Waals surface area contributed by atoms with Crippen LogP contribution in [-0.2, 0) is 29.0 Å². The summed E-state index contributed by atoms with van der Waals surface area (Å²) in [6.45, 7) is -0.411. The minimum absolute atomic E-state index is 0.0183. The van der Waals surface area contributed by atoms with Gasteiger partial charge < -0.3 is 15.7 Å². The van der Waals surface area contributed by atoms with E-state index in [4.69, 9.17) is 5.11 Å². The average Bonchev–Trinajstić information content (AvgIpc) is 2.42. The summed E-state index contributed by atoms with van der Waals surface area (Å²) in [6, 6.07) is -0.930. The second kappa shape index (κ2) is 10.9. The maximum absolute atomic E-state index is 11.7. The predicted molar refractivity (Wildman–Crippen MR) is 73.4 cm³/mol. The van der Waals surface area contributed by atoms with Gasteiger partial charge in [-0.3, -0.25) is 19.3 Å². The van der Waals surface area contributed by atoms with Crippen molar-refractivity contribution in [2.75, 3.05) is 19.4 Å². The van der Waals surface area contributed by atoms with Gasteiger partial charge in [0.15, 0.2) is 0 Å². The van der Waals surface area contributed by atoms with Crippen LogP contribution in [0.3, 0.4) is 0 Å². The molecular weight excluding hydrogens is 304 g/mol. The third-order valence-electron chi connectivity index (χ3n) is 2.21. The van der Waals surface area contributed by atoms with E-state index in [2.05, 4.69) is 33.0 Å².